The number of carbonyl (C=O) groups excluding carboxylic acids is 1. The third kappa shape index (κ3) is 5.31. The predicted octanol–water partition coefficient (Wildman–Crippen LogP) is 5.08. The molecule has 10 heteroatoms. The van der Waals surface area contributed by atoms with Crippen molar-refractivity contribution in [3.05, 3.63) is 53.6 Å². The van der Waals surface area contributed by atoms with Crippen LogP contribution in [0.5, 0.6) is 0 Å². The molecule has 1 aliphatic heterocycles. The van der Waals surface area contributed by atoms with Crippen LogP contribution in [0, 0.1) is 17.6 Å². The Morgan fingerprint density at radius 3 is 2.13 bits per heavy atom. The molecule has 3 rings (SSSR count). The number of nitrogens with two attached hydrogens (primary N) is 1. The molecule has 2 aromatic rings. The molecule has 0 aromatic heterocycles. The lowest BCUT2D eigenvalue weighted by Crippen LogP contribution is -2.39. The van der Waals surface area contributed by atoms with Crippen LogP contribution in [0.15, 0.2) is 36.4 Å². The van der Waals surface area contributed by atoms with E-state index in [2.05, 4.69) is 10.1 Å². The second-order valence-electron chi connectivity index (χ2n) is 7.02. The highest BCUT2D eigenvalue weighted by molar-refractivity contribution is 5.65. The van der Waals surface area contributed by atoms with Crippen LogP contribution in [0.2, 0.25) is 0 Å². The molecule has 0 atom stereocenters. The molecule has 0 saturated carbocycles. The lowest BCUT2D eigenvalue weighted by molar-refractivity contribution is -0.179. The van der Waals surface area contributed by atoms with E-state index in [9.17, 15) is 26.7 Å². The molecule has 3 N–H and O–H groups in total. The number of alkyl halides is 3. The molecule has 162 valence electrons. The third-order valence-corrected chi connectivity index (χ3v) is 4.91. The molecule has 1 aliphatic rings. The SMILES string of the molecule is NC(=O)OCc1ccc(Nc2cc(F)c(N3CCC(C(F)(F)F)CC3)c(F)c2)cc1. The molecule has 0 radical (unpaired) electrons. The van der Waals surface area contributed by atoms with Gasteiger partial charge in [0.05, 0.1) is 5.92 Å². The second-order valence-corrected chi connectivity index (χ2v) is 7.02. The van der Waals surface area contributed by atoms with Crippen molar-refractivity contribution in [2.24, 2.45) is 11.7 Å². The van der Waals surface area contributed by atoms with Crippen LogP contribution in [0.25, 0.3) is 0 Å². The molecule has 1 heterocycles. The van der Waals surface area contributed by atoms with Gasteiger partial charge in [-0.25, -0.2) is 13.6 Å². The Kier molecular flexibility index (Phi) is 6.33. The van der Waals surface area contributed by atoms with Gasteiger partial charge in [0.25, 0.3) is 0 Å². The first-order valence-corrected chi connectivity index (χ1v) is 9.22. The quantitative estimate of drug-likeness (QED) is 0.651. The number of rotatable bonds is 5. The molecule has 0 spiro atoms. The van der Waals surface area contributed by atoms with E-state index in [0.717, 1.165) is 12.1 Å². The van der Waals surface area contributed by atoms with E-state index in [1.807, 2.05) is 0 Å². The zero-order chi connectivity index (χ0) is 21.9. The van der Waals surface area contributed by atoms with Crippen molar-refractivity contribution < 1.29 is 31.5 Å². The minimum absolute atomic E-state index is 0.00139. The van der Waals surface area contributed by atoms with Gasteiger partial charge in [0.1, 0.15) is 12.3 Å². The van der Waals surface area contributed by atoms with Gasteiger partial charge in [0.2, 0.25) is 0 Å². The van der Waals surface area contributed by atoms with E-state index < -0.39 is 29.8 Å². The van der Waals surface area contributed by atoms with Crippen LogP contribution in [0.4, 0.5) is 43.8 Å². The fourth-order valence-electron chi connectivity index (χ4n) is 3.38. The Morgan fingerprint density at radius 2 is 1.63 bits per heavy atom. The smallest absolute Gasteiger partial charge is 0.404 e. The molecule has 2 aromatic carbocycles. The maximum atomic E-state index is 14.6. The van der Waals surface area contributed by atoms with Crippen molar-refractivity contribution in [3.8, 4) is 0 Å². The summed E-state index contributed by atoms with van der Waals surface area (Å²) in [6, 6.07) is 8.75. The van der Waals surface area contributed by atoms with Crippen LogP contribution in [-0.2, 0) is 11.3 Å². The third-order valence-electron chi connectivity index (χ3n) is 4.91. The molecule has 1 fully saturated rings. The number of nitrogens with one attached hydrogen (secondary N) is 1. The summed E-state index contributed by atoms with van der Waals surface area (Å²) in [7, 11) is 0. The zero-order valence-corrected chi connectivity index (χ0v) is 15.8. The largest absolute Gasteiger partial charge is 0.445 e. The second kappa shape index (κ2) is 8.76. The van der Waals surface area contributed by atoms with Crippen LogP contribution >= 0.6 is 0 Å². The summed E-state index contributed by atoms with van der Waals surface area (Å²) in [6.45, 7) is -0.141. The molecular formula is C20H20F5N3O2. The highest BCUT2D eigenvalue weighted by Crippen LogP contribution is 2.37. The summed E-state index contributed by atoms with van der Waals surface area (Å²) in [6.07, 6.45) is -5.59. The lowest BCUT2D eigenvalue weighted by Gasteiger charge is -2.34. The summed E-state index contributed by atoms with van der Waals surface area (Å²) < 4.78 is 72.2. The molecule has 0 bridgehead atoms. The number of amides is 1. The Morgan fingerprint density at radius 1 is 1.07 bits per heavy atom. The first kappa shape index (κ1) is 21.7. The van der Waals surface area contributed by atoms with Gasteiger partial charge in [-0.15, -0.1) is 0 Å². The number of halogens is 5. The number of carbonyl (C=O) groups is 1. The molecule has 30 heavy (non-hydrogen) atoms. The van der Waals surface area contributed by atoms with Crippen molar-refractivity contribution in [1.29, 1.82) is 0 Å². The summed E-state index contributed by atoms with van der Waals surface area (Å²) in [5, 5.41) is 2.86. The van der Waals surface area contributed by atoms with E-state index >= 15 is 0 Å². The van der Waals surface area contributed by atoms with E-state index in [0.29, 0.717) is 11.3 Å². The zero-order valence-electron chi connectivity index (χ0n) is 15.8. The Bertz CT molecular complexity index is 871. The number of primary amides is 1. The fourth-order valence-corrected chi connectivity index (χ4v) is 3.38. The van der Waals surface area contributed by atoms with E-state index in [1.165, 1.54) is 4.90 Å². The summed E-state index contributed by atoms with van der Waals surface area (Å²) >= 11 is 0. The molecule has 0 aliphatic carbocycles. The Balaban J connectivity index is 1.67. The van der Waals surface area contributed by atoms with E-state index in [1.54, 1.807) is 24.3 Å². The minimum Gasteiger partial charge on any atom is -0.445 e. The summed E-state index contributed by atoms with van der Waals surface area (Å²) in [5.41, 5.74) is 5.94. The van der Waals surface area contributed by atoms with Crippen molar-refractivity contribution in [3.63, 3.8) is 0 Å². The Labute approximate surface area is 169 Å². The van der Waals surface area contributed by atoms with Crippen molar-refractivity contribution in [2.75, 3.05) is 23.3 Å². The first-order chi connectivity index (χ1) is 14.1. The molecule has 0 unspecified atom stereocenters. The average molecular weight is 429 g/mol. The molecule has 1 saturated heterocycles. The van der Waals surface area contributed by atoms with Gasteiger partial charge in [-0.05, 0) is 42.7 Å². The van der Waals surface area contributed by atoms with Crippen LogP contribution in [0.3, 0.4) is 0 Å². The first-order valence-electron chi connectivity index (χ1n) is 9.22. The highest BCUT2D eigenvalue weighted by atomic mass is 19.4. The lowest BCUT2D eigenvalue weighted by atomic mass is 9.96. The summed E-state index contributed by atoms with van der Waals surface area (Å²) in [5.74, 6) is -3.15. The molecule has 1 amide bonds. The number of nitrogens with zero attached hydrogens (tertiary/aromatic N) is 1. The standard InChI is InChI=1S/C20H20F5N3O2/c21-16-9-15(27-14-3-1-12(2-4-14)11-30-19(26)29)10-17(22)18(16)28-7-5-13(6-8-28)20(23,24)25/h1-4,9-10,13,27H,5-8,11H2,(H2,26,29). The normalized spacial score (nSPS) is 15.2. The van der Waals surface area contributed by atoms with Gasteiger partial charge in [-0.3, -0.25) is 0 Å². The minimum atomic E-state index is -4.29. The van der Waals surface area contributed by atoms with Gasteiger partial charge >= 0.3 is 12.3 Å². The number of benzene rings is 2. The van der Waals surface area contributed by atoms with Crippen LogP contribution < -0.4 is 16.0 Å². The van der Waals surface area contributed by atoms with Gasteiger partial charge in [-0.2, -0.15) is 13.2 Å². The number of ether oxygens (including phenoxy) is 1. The molecule has 5 nitrogen and oxygen atoms in total. The predicted molar refractivity (Wildman–Crippen MR) is 101 cm³/mol. The maximum absolute atomic E-state index is 14.6. The number of piperidine rings is 1. The van der Waals surface area contributed by atoms with Crippen molar-refractivity contribution in [2.45, 2.75) is 25.6 Å². The number of anilines is 3. The van der Waals surface area contributed by atoms with Gasteiger partial charge in [0.15, 0.2) is 11.6 Å². The van der Waals surface area contributed by atoms with Crippen LogP contribution in [-0.4, -0.2) is 25.4 Å². The van der Waals surface area contributed by atoms with Crippen molar-refractivity contribution in [1.82, 2.24) is 0 Å². The number of hydrogen-bond acceptors (Lipinski definition) is 4. The van der Waals surface area contributed by atoms with Gasteiger partial charge < -0.3 is 20.7 Å². The Hall–Kier alpha value is -3.04. The topological polar surface area (TPSA) is 67.6 Å². The van der Waals surface area contributed by atoms with Crippen molar-refractivity contribution >= 4 is 23.2 Å². The average Bonchev–Trinajstić information content (AvgIpc) is 2.66. The van der Waals surface area contributed by atoms with Gasteiger partial charge in [0, 0.05) is 24.5 Å². The van der Waals surface area contributed by atoms with Crippen LogP contribution in [0.1, 0.15) is 18.4 Å². The fraction of sp³-hybridized carbons (Fsp3) is 0.350. The van der Waals surface area contributed by atoms with Gasteiger partial charge in [-0.1, -0.05) is 12.1 Å². The maximum Gasteiger partial charge on any atom is 0.404 e. The highest BCUT2D eigenvalue weighted by Gasteiger charge is 2.41. The monoisotopic (exact) mass is 429 g/mol. The number of hydrogen-bond donors (Lipinski definition) is 2. The van der Waals surface area contributed by atoms with E-state index in [4.69, 9.17) is 5.73 Å². The van der Waals surface area contributed by atoms with E-state index in [-0.39, 0.29) is 43.9 Å². The summed E-state index contributed by atoms with van der Waals surface area (Å²) in [4.78, 5) is 11.9. The molecular weight excluding hydrogens is 409 g/mol.